The second kappa shape index (κ2) is 22.1. The highest BCUT2D eigenvalue weighted by Crippen LogP contribution is 2.51. The summed E-state index contributed by atoms with van der Waals surface area (Å²) < 4.78 is 18.4. The Bertz CT molecular complexity index is 516. The Hall–Kier alpha value is -0.150. The van der Waals surface area contributed by atoms with E-state index in [1.54, 1.807) is 0 Å². The Balaban J connectivity index is 3.42. The van der Waals surface area contributed by atoms with Crippen molar-refractivity contribution < 1.29 is 18.5 Å². The smallest absolute Gasteiger partial charge is 0.320 e. The molecule has 5 heteroatoms. The van der Waals surface area contributed by atoms with E-state index in [0.29, 0.717) is 17.5 Å². The Kier molecular flexibility index (Phi) is 22.0. The minimum atomic E-state index is -3.55. The molecule has 2 atom stereocenters. The second-order valence-electron chi connectivity index (χ2n) is 11.1. The van der Waals surface area contributed by atoms with Crippen LogP contribution in [0.5, 0.6) is 0 Å². The number of rotatable bonds is 25. The molecular weight excluding hydrogens is 441 g/mol. The maximum Gasteiger partial charge on any atom is 0.385 e. The SMILES string of the molecule is CCCCCCCCCCCC/C=C\CCCCCCCCCOP(=O)(O)C(CC)[N+](C)(C)C. The van der Waals surface area contributed by atoms with Crippen LogP contribution in [0, 0.1) is 0 Å². The van der Waals surface area contributed by atoms with Crippen LogP contribution < -0.4 is 0 Å². The van der Waals surface area contributed by atoms with Crippen LogP contribution in [0.2, 0.25) is 0 Å². The van der Waals surface area contributed by atoms with Gasteiger partial charge in [0.15, 0.2) is 5.78 Å². The maximum absolute atomic E-state index is 12.5. The summed E-state index contributed by atoms with van der Waals surface area (Å²) in [5.41, 5.74) is 0. The lowest BCUT2D eigenvalue weighted by Gasteiger charge is -2.35. The summed E-state index contributed by atoms with van der Waals surface area (Å²) in [5, 5.41) is 0. The van der Waals surface area contributed by atoms with Gasteiger partial charge in [-0.25, -0.2) is 0 Å². The first-order chi connectivity index (χ1) is 16.3. The zero-order chi connectivity index (χ0) is 25.5. The summed E-state index contributed by atoms with van der Waals surface area (Å²) in [5.74, 6) is -0.351. The fourth-order valence-electron chi connectivity index (χ4n) is 4.73. The number of allylic oxidation sites excluding steroid dienone is 2. The summed E-state index contributed by atoms with van der Waals surface area (Å²) in [6, 6.07) is 0. The molecule has 0 rings (SSSR count). The Morgan fingerprint density at radius 1 is 0.676 bits per heavy atom. The van der Waals surface area contributed by atoms with E-state index in [2.05, 4.69) is 19.1 Å². The number of unbranched alkanes of at least 4 members (excludes halogenated alkanes) is 17. The lowest BCUT2D eigenvalue weighted by molar-refractivity contribution is -0.883. The third-order valence-corrected chi connectivity index (χ3v) is 9.18. The van der Waals surface area contributed by atoms with Gasteiger partial charge in [-0.05, 0) is 32.1 Å². The number of quaternary nitrogens is 1. The van der Waals surface area contributed by atoms with Crippen LogP contribution in [0.25, 0.3) is 0 Å². The van der Waals surface area contributed by atoms with Gasteiger partial charge in [-0.3, -0.25) is 4.57 Å². The number of hydrogen-bond donors (Lipinski definition) is 1. The highest BCUT2D eigenvalue weighted by Gasteiger charge is 2.41. The summed E-state index contributed by atoms with van der Waals surface area (Å²) in [6.07, 6.45) is 30.4. The molecule has 0 spiro atoms. The molecule has 0 radical (unpaired) electrons. The molecule has 0 fully saturated rings. The van der Waals surface area contributed by atoms with Crippen LogP contribution in [-0.2, 0) is 9.09 Å². The summed E-state index contributed by atoms with van der Waals surface area (Å²) >= 11 is 0. The second-order valence-corrected chi connectivity index (χ2v) is 13.1. The molecule has 0 aromatic rings. The van der Waals surface area contributed by atoms with Gasteiger partial charge < -0.3 is 13.9 Å². The van der Waals surface area contributed by atoms with Gasteiger partial charge in [0.1, 0.15) is 0 Å². The van der Waals surface area contributed by atoms with Crippen LogP contribution in [0.1, 0.15) is 142 Å². The van der Waals surface area contributed by atoms with Crippen LogP contribution in [0.4, 0.5) is 0 Å². The maximum atomic E-state index is 12.5. The van der Waals surface area contributed by atoms with Gasteiger partial charge in [-0.15, -0.1) is 0 Å². The van der Waals surface area contributed by atoms with E-state index in [4.69, 9.17) is 4.52 Å². The number of nitrogens with zero attached hydrogens (tertiary/aromatic N) is 1. The minimum Gasteiger partial charge on any atom is -0.320 e. The highest BCUT2D eigenvalue weighted by molar-refractivity contribution is 7.53. The van der Waals surface area contributed by atoms with Crippen LogP contribution >= 0.6 is 7.60 Å². The van der Waals surface area contributed by atoms with Gasteiger partial charge in [-0.2, -0.15) is 0 Å². The largest absolute Gasteiger partial charge is 0.385 e. The quantitative estimate of drug-likeness (QED) is 0.0585. The van der Waals surface area contributed by atoms with E-state index in [-0.39, 0.29) is 5.78 Å². The molecule has 1 N–H and O–H groups in total. The van der Waals surface area contributed by atoms with Crippen molar-refractivity contribution in [2.75, 3.05) is 27.7 Å². The Labute approximate surface area is 214 Å². The predicted molar refractivity (Wildman–Crippen MR) is 150 cm³/mol. The minimum absolute atomic E-state index is 0.351. The molecule has 0 aromatic heterocycles. The van der Waals surface area contributed by atoms with Crippen LogP contribution in [0.15, 0.2) is 12.2 Å². The zero-order valence-corrected chi connectivity index (χ0v) is 24.6. The molecule has 0 aliphatic heterocycles. The fraction of sp³-hybridized carbons (Fsp3) is 0.931. The third-order valence-electron chi connectivity index (χ3n) is 6.82. The topological polar surface area (TPSA) is 46.5 Å². The van der Waals surface area contributed by atoms with Crippen molar-refractivity contribution in [3.8, 4) is 0 Å². The molecule has 0 aliphatic rings. The molecule has 0 saturated heterocycles. The number of hydrogen-bond acceptors (Lipinski definition) is 2. The monoisotopic (exact) mass is 502 g/mol. The van der Waals surface area contributed by atoms with E-state index in [1.165, 1.54) is 109 Å². The van der Waals surface area contributed by atoms with Crippen LogP contribution in [-0.4, -0.2) is 42.9 Å². The zero-order valence-electron chi connectivity index (χ0n) is 23.7. The van der Waals surface area contributed by atoms with E-state index < -0.39 is 7.60 Å². The molecule has 204 valence electrons. The van der Waals surface area contributed by atoms with Crippen molar-refractivity contribution in [3.63, 3.8) is 0 Å². The Morgan fingerprint density at radius 3 is 1.44 bits per heavy atom. The highest BCUT2D eigenvalue weighted by atomic mass is 31.2. The molecular formula is C29H61NO3P+. The van der Waals surface area contributed by atoms with Crippen molar-refractivity contribution in [1.82, 2.24) is 0 Å². The van der Waals surface area contributed by atoms with Gasteiger partial charge in [0.2, 0.25) is 0 Å². The van der Waals surface area contributed by atoms with Crippen molar-refractivity contribution in [2.24, 2.45) is 0 Å². The Morgan fingerprint density at radius 2 is 1.06 bits per heavy atom. The van der Waals surface area contributed by atoms with Crippen molar-refractivity contribution in [2.45, 2.75) is 148 Å². The predicted octanol–water partition coefficient (Wildman–Crippen LogP) is 9.62. The summed E-state index contributed by atoms with van der Waals surface area (Å²) in [6.45, 7) is 4.63. The van der Waals surface area contributed by atoms with Crippen LogP contribution in [0.3, 0.4) is 0 Å². The first-order valence-electron chi connectivity index (χ1n) is 14.7. The molecule has 0 heterocycles. The molecule has 0 aliphatic carbocycles. The first-order valence-corrected chi connectivity index (χ1v) is 16.3. The molecule has 0 aromatic carbocycles. The van der Waals surface area contributed by atoms with E-state index in [1.807, 2.05) is 28.1 Å². The summed E-state index contributed by atoms with van der Waals surface area (Å²) in [4.78, 5) is 10.3. The third kappa shape index (κ3) is 20.1. The average Bonchev–Trinajstić information content (AvgIpc) is 2.76. The van der Waals surface area contributed by atoms with Gasteiger partial charge in [0.05, 0.1) is 27.7 Å². The standard InChI is InChI=1S/C29H60NO3P/c1-6-8-9-10-11-12-13-14-15-16-17-18-19-20-21-22-23-24-25-26-27-28-33-34(31,32)29(7-2)30(3,4)5/h18-19,29H,6-17,20-28H2,1-5H3/p+1/b19-18-. The molecule has 0 bridgehead atoms. The van der Waals surface area contributed by atoms with Crippen molar-refractivity contribution >= 4 is 7.60 Å². The van der Waals surface area contributed by atoms with E-state index in [0.717, 1.165) is 12.8 Å². The molecule has 0 saturated carbocycles. The van der Waals surface area contributed by atoms with Gasteiger partial charge >= 0.3 is 7.60 Å². The lowest BCUT2D eigenvalue weighted by atomic mass is 10.1. The van der Waals surface area contributed by atoms with Gasteiger partial charge in [0, 0.05) is 6.42 Å². The molecule has 2 unspecified atom stereocenters. The molecule has 0 amide bonds. The first kappa shape index (κ1) is 33.8. The van der Waals surface area contributed by atoms with Crippen molar-refractivity contribution in [1.29, 1.82) is 0 Å². The lowest BCUT2D eigenvalue weighted by Crippen LogP contribution is -2.44. The normalized spacial score (nSPS) is 15.1. The van der Waals surface area contributed by atoms with Crippen molar-refractivity contribution in [3.05, 3.63) is 12.2 Å². The molecule has 34 heavy (non-hydrogen) atoms. The fourth-order valence-corrected chi connectivity index (χ4v) is 6.63. The summed E-state index contributed by atoms with van der Waals surface area (Å²) in [7, 11) is 2.31. The van der Waals surface area contributed by atoms with Gasteiger partial charge in [0.25, 0.3) is 0 Å². The van der Waals surface area contributed by atoms with Gasteiger partial charge in [-0.1, -0.05) is 116 Å². The molecule has 4 nitrogen and oxygen atoms in total. The van der Waals surface area contributed by atoms with E-state index in [9.17, 15) is 9.46 Å². The average molecular weight is 503 g/mol. The van der Waals surface area contributed by atoms with E-state index >= 15 is 0 Å².